The Balaban J connectivity index is 2.35. The lowest BCUT2D eigenvalue weighted by Crippen LogP contribution is -2.37. The maximum absolute atomic E-state index is 12.5. The molecule has 0 aromatic heterocycles. The van der Waals surface area contributed by atoms with E-state index in [1.54, 1.807) is 25.2 Å². The lowest BCUT2D eigenvalue weighted by molar-refractivity contribution is 0.180. The molecule has 0 saturated carbocycles. The molecule has 1 aliphatic heterocycles. The van der Waals surface area contributed by atoms with E-state index in [0.717, 1.165) is 0 Å². The van der Waals surface area contributed by atoms with Gasteiger partial charge >= 0.3 is 0 Å². The molecule has 1 saturated heterocycles. The highest BCUT2D eigenvalue weighted by atomic mass is 32.2. The molecule has 5 nitrogen and oxygen atoms in total. The van der Waals surface area contributed by atoms with Crippen molar-refractivity contribution in [2.24, 2.45) is 0 Å². The van der Waals surface area contributed by atoms with Crippen molar-refractivity contribution in [1.82, 2.24) is 4.31 Å². The van der Waals surface area contributed by atoms with Gasteiger partial charge in [0.25, 0.3) is 0 Å². The molecule has 1 unspecified atom stereocenters. The van der Waals surface area contributed by atoms with Crippen molar-refractivity contribution in [3.8, 4) is 0 Å². The van der Waals surface area contributed by atoms with Crippen molar-refractivity contribution in [2.45, 2.75) is 24.0 Å². The minimum atomic E-state index is -3.57. The van der Waals surface area contributed by atoms with Crippen molar-refractivity contribution in [3.63, 3.8) is 0 Å². The highest BCUT2D eigenvalue weighted by Crippen LogP contribution is 2.23. The molecule has 1 aromatic rings. The zero-order valence-corrected chi connectivity index (χ0v) is 11.1. The van der Waals surface area contributed by atoms with Crippen LogP contribution < -0.4 is 0 Å². The van der Waals surface area contributed by atoms with E-state index in [2.05, 4.69) is 0 Å². The number of rotatable bonds is 4. The average molecular weight is 271 g/mol. The molecule has 0 spiro atoms. The van der Waals surface area contributed by atoms with Crippen molar-refractivity contribution >= 4 is 10.0 Å². The van der Waals surface area contributed by atoms with Gasteiger partial charge in [-0.3, -0.25) is 0 Å². The summed E-state index contributed by atoms with van der Waals surface area (Å²) in [6, 6.07) is 6.38. The van der Waals surface area contributed by atoms with Crippen LogP contribution in [0, 0.1) is 0 Å². The molecule has 0 amide bonds. The molecule has 1 heterocycles. The Bertz CT molecular complexity index is 509. The zero-order chi connectivity index (χ0) is 13.2. The molecule has 1 aliphatic rings. The lowest BCUT2D eigenvalue weighted by atomic mass is 10.2. The van der Waals surface area contributed by atoms with Crippen molar-refractivity contribution in [3.05, 3.63) is 29.8 Å². The molecule has 0 radical (unpaired) electrons. The smallest absolute Gasteiger partial charge is 0.243 e. The molecule has 2 rings (SSSR count). The van der Waals surface area contributed by atoms with Crippen LogP contribution in [0.1, 0.15) is 12.0 Å². The third kappa shape index (κ3) is 2.42. The lowest BCUT2D eigenvalue weighted by Gasteiger charge is -2.23. The quantitative estimate of drug-likeness (QED) is 0.870. The highest BCUT2D eigenvalue weighted by molar-refractivity contribution is 7.89. The van der Waals surface area contributed by atoms with Crippen LogP contribution in [0.15, 0.2) is 29.2 Å². The number of aliphatic hydroxyl groups is 1. The Labute approximate surface area is 107 Å². The maximum atomic E-state index is 12.5. The number of ether oxygens (including phenoxy) is 1. The highest BCUT2D eigenvalue weighted by Gasteiger charge is 2.31. The Morgan fingerprint density at radius 3 is 2.78 bits per heavy atom. The Kier molecular flexibility index (Phi) is 4.01. The standard InChI is InChI=1S/C12H17NO4S/c1-13(11-6-7-17-9-11)18(15,16)12-5-3-2-4-10(12)8-14/h2-5,11,14H,6-9H2,1H3. The van der Waals surface area contributed by atoms with Crippen molar-refractivity contribution in [1.29, 1.82) is 0 Å². The normalized spacial score (nSPS) is 20.5. The first kappa shape index (κ1) is 13.5. The van der Waals surface area contributed by atoms with Gasteiger partial charge in [0.05, 0.1) is 24.2 Å². The van der Waals surface area contributed by atoms with Gasteiger partial charge in [0.1, 0.15) is 0 Å². The summed E-state index contributed by atoms with van der Waals surface area (Å²) < 4.78 is 31.5. The third-order valence-electron chi connectivity index (χ3n) is 3.22. The summed E-state index contributed by atoms with van der Waals surface area (Å²) in [6.45, 7) is 0.730. The predicted molar refractivity (Wildman–Crippen MR) is 66.5 cm³/mol. The fourth-order valence-electron chi connectivity index (χ4n) is 2.05. The summed E-state index contributed by atoms with van der Waals surface area (Å²) in [5, 5.41) is 9.22. The van der Waals surface area contributed by atoms with Crippen molar-refractivity contribution in [2.75, 3.05) is 20.3 Å². The van der Waals surface area contributed by atoms with Crippen LogP contribution >= 0.6 is 0 Å². The molecule has 1 fully saturated rings. The Morgan fingerprint density at radius 1 is 1.44 bits per heavy atom. The van der Waals surface area contributed by atoms with E-state index >= 15 is 0 Å². The fourth-order valence-corrected chi connectivity index (χ4v) is 3.63. The zero-order valence-electron chi connectivity index (χ0n) is 10.2. The molecule has 18 heavy (non-hydrogen) atoms. The van der Waals surface area contributed by atoms with Gasteiger partial charge < -0.3 is 9.84 Å². The summed E-state index contributed by atoms with van der Waals surface area (Å²) in [5.74, 6) is 0. The molecule has 1 aromatic carbocycles. The number of hydrogen-bond acceptors (Lipinski definition) is 4. The van der Waals surface area contributed by atoms with Crippen LogP contribution in [0.2, 0.25) is 0 Å². The molecule has 1 atom stereocenters. The number of benzene rings is 1. The summed E-state index contributed by atoms with van der Waals surface area (Å²) in [7, 11) is -2.01. The number of likely N-dealkylation sites (N-methyl/N-ethyl adjacent to an activating group) is 1. The molecule has 100 valence electrons. The van der Waals surface area contributed by atoms with Crippen LogP contribution in [0.4, 0.5) is 0 Å². The second-order valence-corrected chi connectivity index (χ2v) is 6.27. The molecule has 6 heteroatoms. The Hall–Kier alpha value is -0.950. The second kappa shape index (κ2) is 5.36. The van der Waals surface area contributed by atoms with E-state index in [-0.39, 0.29) is 17.5 Å². The molecular weight excluding hydrogens is 254 g/mol. The topological polar surface area (TPSA) is 66.8 Å². The minimum Gasteiger partial charge on any atom is -0.392 e. The summed E-state index contributed by atoms with van der Waals surface area (Å²) >= 11 is 0. The second-order valence-electron chi connectivity index (χ2n) is 4.30. The summed E-state index contributed by atoms with van der Waals surface area (Å²) in [4.78, 5) is 0.168. The van der Waals surface area contributed by atoms with Gasteiger partial charge in [-0.2, -0.15) is 4.31 Å². The van der Waals surface area contributed by atoms with E-state index in [1.165, 1.54) is 10.4 Å². The van der Waals surface area contributed by atoms with E-state index in [0.29, 0.717) is 25.2 Å². The molecular formula is C12H17NO4S. The van der Waals surface area contributed by atoms with Gasteiger partial charge in [-0.15, -0.1) is 0 Å². The van der Waals surface area contributed by atoms with Crippen molar-refractivity contribution < 1.29 is 18.3 Å². The van der Waals surface area contributed by atoms with Gasteiger partial charge in [0.15, 0.2) is 0 Å². The maximum Gasteiger partial charge on any atom is 0.243 e. The third-order valence-corrected chi connectivity index (χ3v) is 5.23. The van der Waals surface area contributed by atoms with Gasteiger partial charge in [0.2, 0.25) is 10.0 Å². The van der Waals surface area contributed by atoms with Crippen LogP contribution in [-0.4, -0.2) is 44.1 Å². The number of hydrogen-bond donors (Lipinski definition) is 1. The van der Waals surface area contributed by atoms with Crippen LogP contribution in [0.5, 0.6) is 0 Å². The number of sulfonamides is 1. The van der Waals surface area contributed by atoms with Crippen LogP contribution in [0.25, 0.3) is 0 Å². The number of nitrogens with zero attached hydrogens (tertiary/aromatic N) is 1. The summed E-state index contributed by atoms with van der Waals surface area (Å²) in [6.07, 6.45) is 0.705. The van der Waals surface area contributed by atoms with Crippen LogP contribution in [0.3, 0.4) is 0 Å². The molecule has 0 aliphatic carbocycles. The largest absolute Gasteiger partial charge is 0.392 e. The van der Waals surface area contributed by atoms with E-state index in [1.807, 2.05) is 0 Å². The minimum absolute atomic E-state index is 0.123. The van der Waals surface area contributed by atoms with E-state index in [4.69, 9.17) is 4.74 Å². The van der Waals surface area contributed by atoms with Gasteiger partial charge in [0, 0.05) is 13.7 Å². The van der Waals surface area contributed by atoms with E-state index < -0.39 is 10.0 Å². The van der Waals surface area contributed by atoms with Gasteiger partial charge in [-0.05, 0) is 18.1 Å². The first-order valence-corrected chi connectivity index (χ1v) is 7.26. The van der Waals surface area contributed by atoms with Crippen LogP contribution in [-0.2, 0) is 21.4 Å². The number of aliphatic hydroxyl groups excluding tert-OH is 1. The van der Waals surface area contributed by atoms with Gasteiger partial charge in [-0.25, -0.2) is 8.42 Å². The predicted octanol–water partition coefficient (Wildman–Crippen LogP) is 0.588. The first-order valence-electron chi connectivity index (χ1n) is 5.82. The first-order chi connectivity index (χ1) is 8.57. The SMILES string of the molecule is CN(C1CCOC1)S(=O)(=O)c1ccccc1CO. The Morgan fingerprint density at radius 2 is 2.17 bits per heavy atom. The van der Waals surface area contributed by atoms with Gasteiger partial charge in [-0.1, -0.05) is 18.2 Å². The molecule has 1 N–H and O–H groups in total. The van der Waals surface area contributed by atoms with E-state index in [9.17, 15) is 13.5 Å². The average Bonchev–Trinajstić information content (AvgIpc) is 2.91. The summed E-state index contributed by atoms with van der Waals surface area (Å²) in [5.41, 5.74) is 0.420. The fraction of sp³-hybridized carbons (Fsp3) is 0.500. The monoisotopic (exact) mass is 271 g/mol. The molecule has 0 bridgehead atoms.